The fraction of sp³-hybridized carbons (Fsp3) is 0.417. The summed E-state index contributed by atoms with van der Waals surface area (Å²) in [4.78, 5) is 13.2. The minimum absolute atomic E-state index is 0.0310. The molecule has 5 nitrogen and oxygen atoms in total. The standard InChI is InChI=1S/C12H16N2O3/c13-4-3-9-1-2-11-10(7-9)14(5-6-15)12(16)8-17-11/h1-2,7,15H,3-6,8,13H2. The van der Waals surface area contributed by atoms with Crippen LogP contribution in [0.5, 0.6) is 5.75 Å². The van der Waals surface area contributed by atoms with Crippen molar-refractivity contribution < 1.29 is 14.6 Å². The molecule has 0 saturated heterocycles. The number of aliphatic hydroxyl groups excluding tert-OH is 1. The minimum atomic E-state index is -0.128. The van der Waals surface area contributed by atoms with Crippen LogP contribution in [0.25, 0.3) is 0 Å². The molecule has 92 valence electrons. The van der Waals surface area contributed by atoms with Gasteiger partial charge in [0.2, 0.25) is 0 Å². The highest BCUT2D eigenvalue weighted by Gasteiger charge is 2.24. The first-order chi connectivity index (χ1) is 8.26. The van der Waals surface area contributed by atoms with E-state index >= 15 is 0 Å². The number of nitrogens with zero attached hydrogens (tertiary/aromatic N) is 1. The molecule has 0 aromatic heterocycles. The second-order valence-corrected chi connectivity index (χ2v) is 3.90. The summed E-state index contributed by atoms with van der Waals surface area (Å²) < 4.78 is 5.34. The van der Waals surface area contributed by atoms with Gasteiger partial charge >= 0.3 is 0 Å². The molecule has 0 radical (unpaired) electrons. The number of β-amino-alcohol motifs (C(OH)–C–C–N with tert-alkyl or cyclic N) is 1. The molecular formula is C12H16N2O3. The number of rotatable bonds is 4. The first-order valence-electron chi connectivity index (χ1n) is 5.63. The van der Waals surface area contributed by atoms with Gasteiger partial charge in [0.05, 0.1) is 12.3 Å². The van der Waals surface area contributed by atoms with Crippen LogP contribution in [-0.4, -0.2) is 37.3 Å². The van der Waals surface area contributed by atoms with E-state index in [2.05, 4.69) is 0 Å². The van der Waals surface area contributed by atoms with Crippen molar-refractivity contribution in [3.8, 4) is 5.75 Å². The van der Waals surface area contributed by atoms with E-state index in [-0.39, 0.29) is 19.1 Å². The molecule has 1 aliphatic heterocycles. The van der Waals surface area contributed by atoms with Crippen LogP contribution in [0.2, 0.25) is 0 Å². The van der Waals surface area contributed by atoms with Gasteiger partial charge in [-0.15, -0.1) is 0 Å². The number of aliphatic hydroxyl groups is 1. The van der Waals surface area contributed by atoms with Crippen molar-refractivity contribution in [2.24, 2.45) is 5.73 Å². The van der Waals surface area contributed by atoms with Gasteiger partial charge in [-0.05, 0) is 30.7 Å². The van der Waals surface area contributed by atoms with Crippen molar-refractivity contribution in [3.63, 3.8) is 0 Å². The summed E-state index contributed by atoms with van der Waals surface area (Å²) in [5, 5.41) is 8.98. The quantitative estimate of drug-likeness (QED) is 0.765. The van der Waals surface area contributed by atoms with Crippen molar-refractivity contribution in [1.29, 1.82) is 0 Å². The fourth-order valence-corrected chi connectivity index (χ4v) is 1.92. The highest BCUT2D eigenvalue weighted by atomic mass is 16.5. The van der Waals surface area contributed by atoms with Crippen molar-refractivity contribution in [2.75, 3.05) is 31.2 Å². The molecule has 0 spiro atoms. The van der Waals surface area contributed by atoms with E-state index in [1.807, 2.05) is 18.2 Å². The third kappa shape index (κ3) is 2.40. The van der Waals surface area contributed by atoms with Crippen molar-refractivity contribution >= 4 is 11.6 Å². The molecule has 0 fully saturated rings. The molecule has 1 heterocycles. The molecule has 17 heavy (non-hydrogen) atoms. The predicted molar refractivity (Wildman–Crippen MR) is 64.1 cm³/mol. The molecule has 0 atom stereocenters. The Morgan fingerprint density at radius 3 is 3.00 bits per heavy atom. The maximum atomic E-state index is 11.7. The summed E-state index contributed by atoms with van der Waals surface area (Å²) in [6.07, 6.45) is 0.758. The second kappa shape index (κ2) is 5.16. The number of benzene rings is 1. The average molecular weight is 236 g/mol. The largest absolute Gasteiger partial charge is 0.482 e. The molecule has 5 heteroatoms. The van der Waals surface area contributed by atoms with E-state index in [1.54, 1.807) is 4.90 Å². The summed E-state index contributed by atoms with van der Waals surface area (Å²) in [7, 11) is 0. The molecule has 1 aliphatic rings. The zero-order chi connectivity index (χ0) is 12.3. The molecule has 0 saturated carbocycles. The molecule has 0 unspecified atom stereocenters. The number of carbonyl (C=O) groups is 1. The predicted octanol–water partition coefficient (Wildman–Crippen LogP) is -0.0945. The monoisotopic (exact) mass is 236 g/mol. The summed E-state index contributed by atoms with van der Waals surface area (Å²) in [5.74, 6) is 0.551. The van der Waals surface area contributed by atoms with E-state index in [9.17, 15) is 4.79 Å². The molecule has 1 aromatic rings. The van der Waals surface area contributed by atoms with Crippen molar-refractivity contribution in [2.45, 2.75) is 6.42 Å². The van der Waals surface area contributed by atoms with Crippen LogP contribution >= 0.6 is 0 Å². The lowest BCUT2D eigenvalue weighted by Crippen LogP contribution is -2.40. The number of amides is 1. The SMILES string of the molecule is NCCc1ccc2c(c1)N(CCO)C(=O)CO2. The molecule has 2 rings (SSSR count). The zero-order valence-electron chi connectivity index (χ0n) is 9.56. The highest BCUT2D eigenvalue weighted by molar-refractivity contribution is 5.97. The number of hydrogen-bond acceptors (Lipinski definition) is 4. The second-order valence-electron chi connectivity index (χ2n) is 3.90. The zero-order valence-corrected chi connectivity index (χ0v) is 9.56. The van der Waals surface area contributed by atoms with Gasteiger partial charge < -0.3 is 20.5 Å². The van der Waals surface area contributed by atoms with Gasteiger partial charge in [-0.1, -0.05) is 6.07 Å². The van der Waals surface area contributed by atoms with Crippen LogP contribution < -0.4 is 15.4 Å². The van der Waals surface area contributed by atoms with Crippen LogP contribution in [0.1, 0.15) is 5.56 Å². The van der Waals surface area contributed by atoms with Crippen LogP contribution in [-0.2, 0) is 11.2 Å². The third-order valence-corrected chi connectivity index (χ3v) is 2.72. The van der Waals surface area contributed by atoms with E-state index in [1.165, 1.54) is 0 Å². The average Bonchev–Trinajstić information content (AvgIpc) is 2.33. The Kier molecular flexibility index (Phi) is 3.61. The van der Waals surface area contributed by atoms with Gasteiger partial charge in [-0.3, -0.25) is 4.79 Å². The summed E-state index contributed by atoms with van der Waals surface area (Å²) in [5.41, 5.74) is 7.29. The Balaban J connectivity index is 2.34. The first-order valence-corrected chi connectivity index (χ1v) is 5.63. The van der Waals surface area contributed by atoms with Crippen LogP contribution in [0.15, 0.2) is 18.2 Å². The van der Waals surface area contributed by atoms with Gasteiger partial charge in [-0.25, -0.2) is 0 Å². The van der Waals surface area contributed by atoms with Gasteiger partial charge in [0.25, 0.3) is 5.91 Å². The lowest BCUT2D eigenvalue weighted by molar-refractivity contribution is -0.121. The van der Waals surface area contributed by atoms with Crippen molar-refractivity contribution in [3.05, 3.63) is 23.8 Å². The lowest BCUT2D eigenvalue weighted by Gasteiger charge is -2.29. The van der Waals surface area contributed by atoms with Gasteiger partial charge in [0.15, 0.2) is 6.61 Å². The smallest absolute Gasteiger partial charge is 0.265 e. The molecule has 0 aliphatic carbocycles. The molecule has 0 bridgehead atoms. The Morgan fingerprint density at radius 1 is 1.47 bits per heavy atom. The van der Waals surface area contributed by atoms with E-state index < -0.39 is 0 Å². The maximum absolute atomic E-state index is 11.7. The lowest BCUT2D eigenvalue weighted by atomic mass is 10.1. The highest BCUT2D eigenvalue weighted by Crippen LogP contribution is 2.32. The minimum Gasteiger partial charge on any atom is -0.482 e. The molecule has 3 N–H and O–H groups in total. The fourth-order valence-electron chi connectivity index (χ4n) is 1.92. The van der Waals surface area contributed by atoms with Gasteiger partial charge in [0, 0.05) is 6.54 Å². The number of hydrogen-bond donors (Lipinski definition) is 2. The van der Waals surface area contributed by atoms with E-state index in [4.69, 9.17) is 15.6 Å². The van der Waals surface area contributed by atoms with E-state index in [0.717, 1.165) is 17.7 Å². The number of anilines is 1. The van der Waals surface area contributed by atoms with E-state index in [0.29, 0.717) is 18.8 Å². The summed E-state index contributed by atoms with van der Waals surface area (Å²) in [6, 6.07) is 5.69. The van der Waals surface area contributed by atoms with Gasteiger partial charge in [0.1, 0.15) is 5.75 Å². The Bertz CT molecular complexity index is 420. The van der Waals surface area contributed by atoms with Crippen molar-refractivity contribution in [1.82, 2.24) is 0 Å². The molecule has 1 aromatic carbocycles. The summed E-state index contributed by atoms with van der Waals surface area (Å²) >= 11 is 0. The molecular weight excluding hydrogens is 220 g/mol. The Morgan fingerprint density at radius 2 is 2.29 bits per heavy atom. The third-order valence-electron chi connectivity index (χ3n) is 2.72. The first kappa shape index (κ1) is 11.9. The summed E-state index contributed by atoms with van der Waals surface area (Å²) in [6.45, 7) is 0.824. The Hall–Kier alpha value is -1.59. The van der Waals surface area contributed by atoms with Gasteiger partial charge in [-0.2, -0.15) is 0 Å². The number of fused-ring (bicyclic) bond motifs is 1. The number of nitrogens with two attached hydrogens (primary N) is 1. The number of ether oxygens (including phenoxy) is 1. The normalized spacial score (nSPS) is 14.5. The van der Waals surface area contributed by atoms with Crippen LogP contribution in [0.3, 0.4) is 0 Å². The number of carbonyl (C=O) groups excluding carboxylic acids is 1. The molecule has 1 amide bonds. The maximum Gasteiger partial charge on any atom is 0.265 e. The van der Waals surface area contributed by atoms with Crippen LogP contribution in [0, 0.1) is 0 Å². The topological polar surface area (TPSA) is 75.8 Å². The van der Waals surface area contributed by atoms with Crippen LogP contribution in [0.4, 0.5) is 5.69 Å². The Labute approximate surface area is 99.8 Å².